The van der Waals surface area contributed by atoms with Crippen LogP contribution >= 0.6 is 0 Å². The van der Waals surface area contributed by atoms with Gasteiger partial charge in [0.05, 0.1) is 5.69 Å². The highest BCUT2D eigenvalue weighted by Gasteiger charge is 2.22. The summed E-state index contributed by atoms with van der Waals surface area (Å²) in [6.45, 7) is 3.69. The SMILES string of the molecule is Cc1cc(-c2ncccc2-c2ccc3c[nH]c(C(=O)NCCCN4CCCC4=O)[n+]3c2)ccc1F. The number of hydrogen-bond acceptors (Lipinski definition) is 3. The number of aromatic amines is 1. The van der Waals surface area contributed by atoms with E-state index >= 15 is 0 Å². The van der Waals surface area contributed by atoms with Gasteiger partial charge in [0, 0.05) is 48.9 Å². The number of amides is 2. The molecule has 3 aromatic heterocycles. The first-order valence-electron chi connectivity index (χ1n) is 11.8. The molecule has 1 fully saturated rings. The minimum absolute atomic E-state index is 0.195. The largest absolute Gasteiger partial charge is 0.350 e. The highest BCUT2D eigenvalue weighted by Crippen LogP contribution is 2.30. The number of likely N-dealkylation sites (tertiary alicyclic amines) is 1. The summed E-state index contributed by atoms with van der Waals surface area (Å²) in [6, 6.07) is 12.7. The molecule has 2 N–H and O–H groups in total. The Kier molecular flexibility index (Phi) is 6.27. The second-order valence-corrected chi connectivity index (χ2v) is 8.81. The third kappa shape index (κ3) is 4.64. The summed E-state index contributed by atoms with van der Waals surface area (Å²) in [7, 11) is 0. The molecular formula is C27H27FN5O2+. The summed E-state index contributed by atoms with van der Waals surface area (Å²) in [5.74, 6) is 0.149. The van der Waals surface area contributed by atoms with E-state index in [9.17, 15) is 14.0 Å². The summed E-state index contributed by atoms with van der Waals surface area (Å²) in [4.78, 5) is 34.1. The van der Waals surface area contributed by atoms with Crippen molar-refractivity contribution in [3.8, 4) is 22.4 Å². The lowest BCUT2D eigenvalue weighted by molar-refractivity contribution is -0.513. The number of nitrogens with one attached hydrogen (secondary N) is 2. The minimum atomic E-state index is -0.252. The van der Waals surface area contributed by atoms with Crippen molar-refractivity contribution >= 4 is 17.3 Å². The Balaban J connectivity index is 1.37. The molecule has 0 atom stereocenters. The normalized spacial score (nSPS) is 13.5. The summed E-state index contributed by atoms with van der Waals surface area (Å²) in [5.41, 5.74) is 4.75. The number of halogens is 1. The van der Waals surface area contributed by atoms with E-state index in [4.69, 9.17) is 0 Å². The zero-order chi connectivity index (χ0) is 24.4. The van der Waals surface area contributed by atoms with Crippen LogP contribution in [0.25, 0.3) is 27.9 Å². The molecule has 1 saturated heterocycles. The number of imidazole rings is 1. The lowest BCUT2D eigenvalue weighted by Crippen LogP contribution is -2.36. The van der Waals surface area contributed by atoms with E-state index in [0.29, 0.717) is 37.3 Å². The van der Waals surface area contributed by atoms with Crippen molar-refractivity contribution in [2.24, 2.45) is 0 Å². The Labute approximate surface area is 202 Å². The van der Waals surface area contributed by atoms with Gasteiger partial charge in [-0.25, -0.2) is 9.37 Å². The van der Waals surface area contributed by atoms with Crippen molar-refractivity contribution in [3.63, 3.8) is 0 Å². The molecule has 0 aliphatic carbocycles. The van der Waals surface area contributed by atoms with Crippen molar-refractivity contribution in [2.45, 2.75) is 26.2 Å². The Morgan fingerprint density at radius 1 is 1.23 bits per heavy atom. The van der Waals surface area contributed by atoms with Crippen LogP contribution in [0.5, 0.6) is 0 Å². The molecule has 0 saturated carbocycles. The first-order valence-corrected chi connectivity index (χ1v) is 11.8. The standard InChI is InChI=1S/C27H26FN5O2/c1-18-15-19(8-10-23(18)28)25-22(5-2-11-29-25)20-7-9-21-16-31-26(33(21)17-20)27(35)30-12-4-14-32-13-3-6-24(32)34/h2,5,7-11,15-17H,3-4,6,12-14H2,1H3,(H,30,35)/p+1. The van der Waals surface area contributed by atoms with E-state index < -0.39 is 0 Å². The monoisotopic (exact) mass is 472 g/mol. The number of carbonyl (C=O) groups is 2. The van der Waals surface area contributed by atoms with Crippen molar-refractivity contribution in [2.75, 3.05) is 19.6 Å². The fourth-order valence-electron chi connectivity index (χ4n) is 4.53. The van der Waals surface area contributed by atoms with Gasteiger partial charge in [-0.15, -0.1) is 0 Å². The summed E-state index contributed by atoms with van der Waals surface area (Å²) < 4.78 is 15.6. The first kappa shape index (κ1) is 22.7. The van der Waals surface area contributed by atoms with Crippen LogP contribution in [0.15, 0.2) is 61.1 Å². The number of aromatic nitrogens is 3. The van der Waals surface area contributed by atoms with E-state index in [-0.39, 0.29) is 17.6 Å². The number of nitrogens with zero attached hydrogens (tertiary/aromatic N) is 3. The lowest BCUT2D eigenvalue weighted by Gasteiger charge is -2.14. The predicted octanol–water partition coefficient (Wildman–Crippen LogP) is 3.67. The maximum atomic E-state index is 13.8. The zero-order valence-corrected chi connectivity index (χ0v) is 19.6. The average molecular weight is 473 g/mol. The molecule has 1 aromatic carbocycles. The quantitative estimate of drug-likeness (QED) is 0.318. The first-order chi connectivity index (χ1) is 17.0. The number of benzene rings is 1. The molecule has 5 rings (SSSR count). The molecule has 178 valence electrons. The Hall–Kier alpha value is -4.07. The second kappa shape index (κ2) is 9.66. The van der Waals surface area contributed by atoms with E-state index in [1.165, 1.54) is 6.07 Å². The van der Waals surface area contributed by atoms with Crippen molar-refractivity contribution in [1.29, 1.82) is 0 Å². The predicted molar refractivity (Wildman–Crippen MR) is 130 cm³/mol. The smallest absolute Gasteiger partial charge is 0.345 e. The van der Waals surface area contributed by atoms with Crippen molar-refractivity contribution in [1.82, 2.24) is 20.2 Å². The highest BCUT2D eigenvalue weighted by atomic mass is 19.1. The van der Waals surface area contributed by atoms with Gasteiger partial charge in [-0.3, -0.25) is 14.6 Å². The molecule has 2 amide bonds. The Morgan fingerprint density at radius 2 is 2.09 bits per heavy atom. The lowest BCUT2D eigenvalue weighted by atomic mass is 9.99. The molecule has 35 heavy (non-hydrogen) atoms. The number of carbonyl (C=O) groups excluding carboxylic acids is 2. The number of aryl methyl sites for hydroxylation is 1. The number of fused-ring (bicyclic) bond motifs is 1. The average Bonchev–Trinajstić information content (AvgIpc) is 3.49. The molecular weight excluding hydrogens is 445 g/mol. The molecule has 1 aliphatic heterocycles. The van der Waals surface area contributed by atoms with Crippen LogP contribution in [0.4, 0.5) is 4.39 Å². The molecule has 4 heterocycles. The third-order valence-corrected chi connectivity index (χ3v) is 6.40. The van der Waals surface area contributed by atoms with E-state index in [1.54, 1.807) is 31.5 Å². The Morgan fingerprint density at radius 3 is 2.89 bits per heavy atom. The van der Waals surface area contributed by atoms with Crippen molar-refractivity contribution < 1.29 is 18.4 Å². The molecule has 0 bridgehead atoms. The maximum absolute atomic E-state index is 13.8. The molecule has 0 radical (unpaired) electrons. The highest BCUT2D eigenvalue weighted by molar-refractivity contribution is 5.89. The van der Waals surface area contributed by atoms with Crippen LogP contribution in [0.1, 0.15) is 35.4 Å². The number of hydrogen-bond donors (Lipinski definition) is 2. The summed E-state index contributed by atoms with van der Waals surface area (Å²) in [5, 5.41) is 2.95. The fourth-order valence-corrected chi connectivity index (χ4v) is 4.53. The van der Waals surface area contributed by atoms with Gasteiger partial charge in [0.1, 0.15) is 18.2 Å². The Bertz CT molecular complexity index is 1410. The van der Waals surface area contributed by atoms with Crippen LogP contribution in [0.2, 0.25) is 0 Å². The number of rotatable bonds is 7. The molecule has 1 aliphatic rings. The zero-order valence-electron chi connectivity index (χ0n) is 19.6. The summed E-state index contributed by atoms with van der Waals surface area (Å²) >= 11 is 0. The molecule has 4 aromatic rings. The second-order valence-electron chi connectivity index (χ2n) is 8.81. The molecule has 0 spiro atoms. The van der Waals surface area contributed by atoms with Crippen LogP contribution in [0.3, 0.4) is 0 Å². The van der Waals surface area contributed by atoms with Crippen molar-refractivity contribution in [3.05, 3.63) is 78.3 Å². The molecule has 8 heteroatoms. The third-order valence-electron chi connectivity index (χ3n) is 6.40. The molecule has 0 unspecified atom stereocenters. The van der Waals surface area contributed by atoms with E-state index in [2.05, 4.69) is 15.3 Å². The van der Waals surface area contributed by atoms with Crippen LogP contribution in [0, 0.1) is 12.7 Å². The maximum Gasteiger partial charge on any atom is 0.350 e. The topological polar surface area (TPSA) is 82.2 Å². The molecule has 7 nitrogen and oxygen atoms in total. The van der Waals surface area contributed by atoms with Gasteiger partial charge in [-0.05, 0) is 61.7 Å². The van der Waals surface area contributed by atoms with E-state index in [1.807, 2.05) is 39.8 Å². The van der Waals surface area contributed by atoms with Gasteiger partial charge < -0.3 is 10.2 Å². The fraction of sp³-hybridized carbons (Fsp3) is 0.259. The van der Waals surface area contributed by atoms with Crippen LogP contribution in [-0.4, -0.2) is 46.3 Å². The van der Waals surface area contributed by atoms with Crippen LogP contribution < -0.4 is 9.72 Å². The summed E-state index contributed by atoms with van der Waals surface area (Å²) in [6.07, 6.45) is 7.66. The van der Waals surface area contributed by atoms with Gasteiger partial charge in [0.25, 0.3) is 0 Å². The van der Waals surface area contributed by atoms with Gasteiger partial charge in [0.2, 0.25) is 5.91 Å². The van der Waals surface area contributed by atoms with Crippen LogP contribution in [-0.2, 0) is 4.79 Å². The van der Waals surface area contributed by atoms with Gasteiger partial charge in [0.15, 0.2) is 5.52 Å². The number of pyridine rings is 2. The van der Waals surface area contributed by atoms with Gasteiger partial charge >= 0.3 is 11.7 Å². The minimum Gasteiger partial charge on any atom is -0.345 e. The van der Waals surface area contributed by atoms with E-state index in [0.717, 1.165) is 40.9 Å². The van der Waals surface area contributed by atoms with Gasteiger partial charge in [-0.2, -0.15) is 4.40 Å². The van der Waals surface area contributed by atoms with Gasteiger partial charge in [-0.1, -0.05) is 6.07 Å². The number of H-pyrrole nitrogens is 1.